The minimum atomic E-state index is -1.37. The third-order valence-electron chi connectivity index (χ3n) is 6.23. The van der Waals surface area contributed by atoms with E-state index in [0.717, 1.165) is 19.3 Å². The van der Waals surface area contributed by atoms with E-state index in [0.29, 0.717) is 35.1 Å². The van der Waals surface area contributed by atoms with Gasteiger partial charge < -0.3 is 42.6 Å². The second-order valence-electron chi connectivity index (χ2n) is 8.31. The van der Waals surface area contributed by atoms with Crippen LogP contribution in [-0.2, 0) is 4.79 Å². The molecule has 3 amide bonds. The van der Waals surface area contributed by atoms with Crippen molar-refractivity contribution in [1.82, 2.24) is 5.32 Å². The van der Waals surface area contributed by atoms with Gasteiger partial charge in [-0.2, -0.15) is 0 Å². The third-order valence-corrected chi connectivity index (χ3v) is 6.23. The summed E-state index contributed by atoms with van der Waals surface area (Å²) in [5, 5.41) is 15.4. The van der Waals surface area contributed by atoms with Crippen LogP contribution in [0.1, 0.15) is 24.8 Å². The van der Waals surface area contributed by atoms with Crippen LogP contribution in [0, 0.1) is 23.9 Å². The Labute approximate surface area is 173 Å². The van der Waals surface area contributed by atoms with Gasteiger partial charge in [0.1, 0.15) is 12.0 Å². The van der Waals surface area contributed by atoms with Crippen molar-refractivity contribution < 1.29 is 14.0 Å². The molecule has 0 radical (unpaired) electrons. The summed E-state index contributed by atoms with van der Waals surface area (Å²) >= 11 is 0. The van der Waals surface area contributed by atoms with Crippen molar-refractivity contribution in [3.63, 3.8) is 0 Å². The lowest BCUT2D eigenvalue weighted by Crippen LogP contribution is -2.57. The first kappa shape index (κ1) is 20.6. The van der Waals surface area contributed by atoms with Crippen molar-refractivity contribution in [2.45, 2.75) is 44.4 Å². The van der Waals surface area contributed by atoms with Gasteiger partial charge in [-0.3, -0.25) is 4.79 Å². The molecular weight excluding hydrogens is 393 g/mol. The van der Waals surface area contributed by atoms with Crippen LogP contribution in [-0.4, -0.2) is 49.8 Å². The van der Waals surface area contributed by atoms with Crippen LogP contribution in [0.25, 0.3) is 0 Å². The maximum atomic E-state index is 15.2. The zero-order chi connectivity index (χ0) is 21.7. The Hall–Kier alpha value is -2.63. The third kappa shape index (κ3) is 3.42. The Morgan fingerprint density at radius 2 is 2.07 bits per heavy atom. The van der Waals surface area contributed by atoms with E-state index in [-0.39, 0.29) is 30.2 Å². The number of amides is 3. The summed E-state index contributed by atoms with van der Waals surface area (Å²) in [6.45, 7) is 3.04. The van der Waals surface area contributed by atoms with Crippen LogP contribution in [0.2, 0.25) is 0 Å². The molecule has 2 aliphatic heterocycles. The molecule has 1 saturated heterocycles. The van der Waals surface area contributed by atoms with E-state index in [1.807, 2.05) is 4.90 Å². The highest BCUT2D eigenvalue weighted by Crippen LogP contribution is 2.47. The number of urea groups is 1. The number of nitrogens with two attached hydrogens (primary N) is 3. The highest BCUT2D eigenvalue weighted by molar-refractivity contribution is 6.08. The quantitative estimate of drug-likeness (QED) is 0.524. The number of benzene rings is 1. The first-order chi connectivity index (χ1) is 14.2. The zero-order valence-electron chi connectivity index (χ0n) is 16.8. The van der Waals surface area contributed by atoms with Crippen molar-refractivity contribution in [1.29, 1.82) is 0 Å². The molecule has 2 fully saturated rings. The second kappa shape index (κ2) is 7.56. The summed E-state index contributed by atoms with van der Waals surface area (Å²) in [6.07, 6.45) is 1.02. The lowest BCUT2D eigenvalue weighted by Gasteiger charge is -2.46. The van der Waals surface area contributed by atoms with Gasteiger partial charge in [-0.25, -0.2) is 9.18 Å². The van der Waals surface area contributed by atoms with E-state index in [2.05, 4.69) is 5.32 Å². The number of hydrogen-bond acceptors (Lipinski definition) is 7. The highest BCUT2D eigenvalue weighted by Gasteiger charge is 2.43. The summed E-state index contributed by atoms with van der Waals surface area (Å²) in [5.74, 6) is -0.953. The van der Waals surface area contributed by atoms with Gasteiger partial charge in [-0.05, 0) is 32.1 Å². The van der Waals surface area contributed by atoms with Gasteiger partial charge >= 0.3 is 6.03 Å². The van der Waals surface area contributed by atoms with Gasteiger partial charge in [-0.1, -0.05) is 0 Å². The van der Waals surface area contributed by atoms with Crippen molar-refractivity contribution in [3.05, 3.63) is 22.7 Å². The fraction of sp³-hybridized carbons (Fsp3) is 0.579. The molecule has 0 bridgehead atoms. The predicted octanol–water partition coefficient (Wildman–Crippen LogP) is 0.0540. The average molecular weight is 420 g/mol. The molecule has 0 aromatic heterocycles. The molecule has 1 aromatic carbocycles. The SMILES string of the molecule is Cc1c(N2CCC(C(N)CNC(N)=O)C2)c(F)cc2c1N(C1CC1)C(=O)C(N)N2[O-]. The van der Waals surface area contributed by atoms with Gasteiger partial charge in [0.25, 0.3) is 5.91 Å². The van der Waals surface area contributed by atoms with Crippen molar-refractivity contribution >= 4 is 29.0 Å². The minimum Gasteiger partial charge on any atom is -0.757 e. The Kier molecular flexibility index (Phi) is 5.20. The van der Waals surface area contributed by atoms with Crippen LogP contribution >= 0.6 is 0 Å². The van der Waals surface area contributed by atoms with Gasteiger partial charge in [0.15, 0.2) is 0 Å². The molecule has 1 aromatic rings. The topological polar surface area (TPSA) is 157 Å². The van der Waals surface area contributed by atoms with E-state index in [9.17, 15) is 14.8 Å². The van der Waals surface area contributed by atoms with E-state index >= 15 is 4.39 Å². The number of hydroxylamine groups is 1. The number of halogens is 1. The fourth-order valence-electron chi connectivity index (χ4n) is 4.52. The van der Waals surface area contributed by atoms with Crippen LogP contribution in [0.3, 0.4) is 0 Å². The molecule has 3 aliphatic rings. The summed E-state index contributed by atoms with van der Waals surface area (Å²) in [6, 6.07) is 0.215. The number of rotatable bonds is 5. The summed E-state index contributed by atoms with van der Waals surface area (Å²) in [4.78, 5) is 27.1. The number of carbonyl (C=O) groups excluding carboxylic acids is 2. The van der Waals surface area contributed by atoms with E-state index in [1.54, 1.807) is 11.8 Å². The lowest BCUT2D eigenvalue weighted by atomic mass is 9.99. The number of fused-ring (bicyclic) bond motifs is 1. The molecule has 7 N–H and O–H groups in total. The molecule has 3 unspecified atom stereocenters. The molecule has 0 spiro atoms. The number of primary amides is 1. The first-order valence-electron chi connectivity index (χ1n) is 10.1. The smallest absolute Gasteiger partial charge is 0.312 e. The van der Waals surface area contributed by atoms with Crippen molar-refractivity contribution in [2.75, 3.05) is 34.5 Å². The average Bonchev–Trinajstić information content (AvgIpc) is 3.42. The normalized spacial score (nSPS) is 24.8. The standard InChI is InChI=1S/C19H27FN7O3/c1-9-15(25-5-4-10(8-25)13(21)7-24-19(23)29)12(20)6-14-16(9)26(11-2-3-11)18(28)17(22)27(14)30/h6,10-11,13,17H,2-5,7-8,21-22H2,1H3,(H3,23,24,29)/q-1. The first-order valence-corrected chi connectivity index (χ1v) is 10.1. The van der Waals surface area contributed by atoms with Crippen LogP contribution in [0.5, 0.6) is 0 Å². The maximum absolute atomic E-state index is 15.2. The van der Waals surface area contributed by atoms with Crippen LogP contribution in [0.15, 0.2) is 6.07 Å². The Bertz CT molecular complexity index is 878. The van der Waals surface area contributed by atoms with Gasteiger partial charge in [0.05, 0.1) is 17.1 Å². The molecule has 30 heavy (non-hydrogen) atoms. The summed E-state index contributed by atoms with van der Waals surface area (Å²) < 4.78 is 15.2. The van der Waals surface area contributed by atoms with Crippen LogP contribution in [0.4, 0.5) is 26.2 Å². The maximum Gasteiger partial charge on any atom is 0.312 e. The molecule has 164 valence electrons. The molecule has 2 heterocycles. The van der Waals surface area contributed by atoms with Gasteiger partial charge in [0.2, 0.25) is 0 Å². The zero-order valence-corrected chi connectivity index (χ0v) is 16.8. The molecular formula is C19H27FN7O3-. The molecule has 10 nitrogen and oxygen atoms in total. The minimum absolute atomic E-state index is 0.00682. The molecule has 1 saturated carbocycles. The van der Waals surface area contributed by atoms with Gasteiger partial charge in [0, 0.05) is 43.3 Å². The number of nitrogens with one attached hydrogen (secondary N) is 1. The molecule has 1 aliphatic carbocycles. The molecule has 4 rings (SSSR count). The van der Waals surface area contributed by atoms with Crippen LogP contribution < -0.4 is 37.4 Å². The van der Waals surface area contributed by atoms with Gasteiger partial charge in [-0.15, -0.1) is 0 Å². The summed E-state index contributed by atoms with van der Waals surface area (Å²) in [7, 11) is 0. The number of anilines is 3. The number of hydrogen-bond donors (Lipinski definition) is 4. The Balaban J connectivity index is 1.65. The monoisotopic (exact) mass is 420 g/mol. The van der Waals surface area contributed by atoms with E-state index in [1.165, 1.54) is 6.07 Å². The van der Waals surface area contributed by atoms with E-state index in [4.69, 9.17) is 17.2 Å². The fourth-order valence-corrected chi connectivity index (χ4v) is 4.52. The van der Waals surface area contributed by atoms with Crippen molar-refractivity contribution in [3.8, 4) is 0 Å². The Morgan fingerprint density at radius 1 is 1.37 bits per heavy atom. The summed E-state index contributed by atoms with van der Waals surface area (Å²) in [5.41, 5.74) is 18.5. The largest absolute Gasteiger partial charge is 0.757 e. The van der Waals surface area contributed by atoms with Crippen molar-refractivity contribution in [2.24, 2.45) is 23.1 Å². The second-order valence-corrected chi connectivity index (χ2v) is 8.31. The number of carbonyl (C=O) groups is 2. The highest BCUT2D eigenvalue weighted by atomic mass is 19.1. The van der Waals surface area contributed by atoms with E-state index < -0.39 is 23.9 Å². The number of nitrogens with zero attached hydrogens (tertiary/aromatic N) is 3. The molecule has 11 heteroatoms. The Morgan fingerprint density at radius 3 is 2.70 bits per heavy atom. The predicted molar refractivity (Wildman–Crippen MR) is 111 cm³/mol. The lowest BCUT2D eigenvalue weighted by molar-refractivity contribution is -0.120. The molecule has 3 atom stereocenters.